The fourth-order valence-corrected chi connectivity index (χ4v) is 3.00. The van der Waals surface area contributed by atoms with Crippen molar-refractivity contribution < 1.29 is 8.42 Å². The lowest BCUT2D eigenvalue weighted by molar-refractivity contribution is 0.601. The second-order valence-electron chi connectivity index (χ2n) is 4.67. The molecule has 0 fully saturated rings. The minimum atomic E-state index is -3.21. The Morgan fingerprint density at radius 2 is 2.05 bits per heavy atom. The monoisotopic (exact) mass is 354 g/mol. The van der Waals surface area contributed by atoms with Gasteiger partial charge in [0, 0.05) is 29.2 Å². The number of hydrogen-bond donors (Lipinski definition) is 1. The molecule has 0 bridgehead atoms. The van der Waals surface area contributed by atoms with E-state index in [1.54, 1.807) is 30.6 Å². The molecular weight excluding hydrogens is 340 g/mol. The summed E-state index contributed by atoms with van der Waals surface area (Å²) in [6.07, 6.45) is 5.25. The summed E-state index contributed by atoms with van der Waals surface area (Å²) in [4.78, 5) is 4.38. The third kappa shape index (κ3) is 3.88. The first-order valence-corrected chi connectivity index (χ1v) is 8.70. The Kier molecular flexibility index (Phi) is 4.57. The third-order valence-electron chi connectivity index (χ3n) is 2.93. The Labute approximate surface area is 127 Å². The van der Waals surface area contributed by atoms with Gasteiger partial charge < -0.3 is 5.73 Å². The molecule has 4 nitrogen and oxygen atoms in total. The second-order valence-corrected chi connectivity index (χ2v) is 7.60. The maximum Gasteiger partial charge on any atom is 0.175 e. The van der Waals surface area contributed by atoms with Gasteiger partial charge in [-0.3, -0.25) is 4.98 Å². The highest BCUT2D eigenvalue weighted by molar-refractivity contribution is 9.10. The Bertz CT molecular complexity index is 717. The summed E-state index contributed by atoms with van der Waals surface area (Å²) in [5, 5.41) is 0. The maximum absolute atomic E-state index is 11.6. The first kappa shape index (κ1) is 15.2. The van der Waals surface area contributed by atoms with Crippen LogP contribution in [-0.4, -0.2) is 19.7 Å². The molecule has 2 rings (SSSR count). The van der Waals surface area contributed by atoms with Gasteiger partial charge in [-0.25, -0.2) is 8.42 Å². The molecule has 1 atom stereocenters. The Morgan fingerprint density at radius 3 is 2.70 bits per heavy atom. The number of rotatable bonds is 4. The molecule has 0 radical (unpaired) electrons. The number of benzene rings is 1. The second kappa shape index (κ2) is 6.03. The molecule has 20 heavy (non-hydrogen) atoms. The largest absolute Gasteiger partial charge is 0.324 e. The number of sulfone groups is 1. The fraction of sp³-hybridized carbons (Fsp3) is 0.214. The van der Waals surface area contributed by atoms with E-state index in [2.05, 4.69) is 20.9 Å². The van der Waals surface area contributed by atoms with Gasteiger partial charge in [-0.1, -0.05) is 12.1 Å². The molecule has 1 aromatic carbocycles. The molecule has 6 heteroatoms. The van der Waals surface area contributed by atoms with Crippen LogP contribution < -0.4 is 5.73 Å². The van der Waals surface area contributed by atoms with Crippen molar-refractivity contribution in [1.82, 2.24) is 4.98 Å². The van der Waals surface area contributed by atoms with Crippen molar-refractivity contribution in [3.05, 3.63) is 58.3 Å². The summed E-state index contributed by atoms with van der Waals surface area (Å²) in [7, 11) is -3.21. The van der Waals surface area contributed by atoms with Gasteiger partial charge in [0.1, 0.15) is 0 Å². The first-order valence-electron chi connectivity index (χ1n) is 6.01. The van der Waals surface area contributed by atoms with Crippen LogP contribution in [0.3, 0.4) is 0 Å². The molecule has 106 valence electrons. The molecule has 0 amide bonds. The van der Waals surface area contributed by atoms with Crippen molar-refractivity contribution in [1.29, 1.82) is 0 Å². The van der Waals surface area contributed by atoms with Crippen LogP contribution in [-0.2, 0) is 16.3 Å². The van der Waals surface area contributed by atoms with Crippen LogP contribution in [0.4, 0.5) is 0 Å². The van der Waals surface area contributed by atoms with E-state index in [4.69, 9.17) is 5.73 Å². The topological polar surface area (TPSA) is 73.0 Å². The van der Waals surface area contributed by atoms with Gasteiger partial charge >= 0.3 is 0 Å². The van der Waals surface area contributed by atoms with Crippen molar-refractivity contribution in [3.63, 3.8) is 0 Å². The van der Waals surface area contributed by atoms with Crippen LogP contribution in [0.5, 0.6) is 0 Å². The van der Waals surface area contributed by atoms with Gasteiger partial charge in [0.2, 0.25) is 0 Å². The van der Waals surface area contributed by atoms with Gasteiger partial charge in [-0.05, 0) is 51.7 Å². The summed E-state index contributed by atoms with van der Waals surface area (Å²) < 4.78 is 24.0. The smallest absolute Gasteiger partial charge is 0.175 e. The summed E-state index contributed by atoms with van der Waals surface area (Å²) in [5.41, 5.74) is 7.95. The van der Waals surface area contributed by atoms with E-state index in [0.717, 1.165) is 15.6 Å². The fourth-order valence-electron chi connectivity index (χ4n) is 1.92. The number of hydrogen-bond acceptors (Lipinski definition) is 4. The van der Waals surface area contributed by atoms with Gasteiger partial charge in [0.15, 0.2) is 9.84 Å². The molecule has 0 aliphatic carbocycles. The highest BCUT2D eigenvalue weighted by Gasteiger charge is 2.12. The van der Waals surface area contributed by atoms with E-state index < -0.39 is 9.84 Å². The van der Waals surface area contributed by atoms with E-state index >= 15 is 0 Å². The number of pyridine rings is 1. The molecule has 0 aliphatic rings. The first-order chi connectivity index (χ1) is 9.36. The standard InChI is InChI=1S/C14H15BrN2O2S/c1-20(18,19)13-4-2-3-11(7-13)14(16)6-10-5-12(15)9-17-8-10/h2-5,7-9,14H,6,16H2,1H3. The van der Waals surface area contributed by atoms with Crippen LogP contribution in [0.2, 0.25) is 0 Å². The minimum Gasteiger partial charge on any atom is -0.324 e. The normalized spacial score (nSPS) is 13.2. The molecule has 0 aliphatic heterocycles. The number of nitrogens with two attached hydrogens (primary N) is 1. The lowest BCUT2D eigenvalue weighted by Gasteiger charge is -2.13. The highest BCUT2D eigenvalue weighted by Crippen LogP contribution is 2.20. The van der Waals surface area contributed by atoms with E-state index in [9.17, 15) is 8.42 Å². The lowest BCUT2D eigenvalue weighted by Crippen LogP contribution is -2.14. The zero-order valence-corrected chi connectivity index (χ0v) is 13.4. The predicted octanol–water partition coefficient (Wildman–Crippen LogP) is 2.49. The van der Waals surface area contributed by atoms with E-state index in [-0.39, 0.29) is 10.9 Å². The SMILES string of the molecule is CS(=O)(=O)c1cccc(C(N)Cc2cncc(Br)c2)c1. The third-order valence-corrected chi connectivity index (χ3v) is 4.48. The average molecular weight is 355 g/mol. The molecule has 1 heterocycles. The number of aromatic nitrogens is 1. The Morgan fingerprint density at radius 1 is 1.30 bits per heavy atom. The number of nitrogens with zero attached hydrogens (tertiary/aromatic N) is 1. The lowest BCUT2D eigenvalue weighted by atomic mass is 10.0. The van der Waals surface area contributed by atoms with E-state index in [1.165, 1.54) is 6.26 Å². The quantitative estimate of drug-likeness (QED) is 0.915. The summed E-state index contributed by atoms with van der Waals surface area (Å²) in [5.74, 6) is 0. The molecule has 2 N–H and O–H groups in total. The van der Waals surface area contributed by atoms with Crippen molar-refractivity contribution in [2.75, 3.05) is 6.26 Å². The van der Waals surface area contributed by atoms with Crippen LogP contribution in [0.15, 0.2) is 52.1 Å². The average Bonchev–Trinajstić information content (AvgIpc) is 2.38. The Hall–Kier alpha value is -1.24. The zero-order valence-electron chi connectivity index (χ0n) is 11.0. The van der Waals surface area contributed by atoms with Crippen molar-refractivity contribution in [2.24, 2.45) is 5.73 Å². The highest BCUT2D eigenvalue weighted by atomic mass is 79.9. The summed E-state index contributed by atoms with van der Waals surface area (Å²) in [6, 6.07) is 8.44. The predicted molar refractivity (Wildman–Crippen MR) is 82.1 cm³/mol. The molecule has 0 saturated heterocycles. The van der Waals surface area contributed by atoms with Crippen molar-refractivity contribution in [3.8, 4) is 0 Å². The number of halogens is 1. The molecule has 0 saturated carbocycles. The van der Waals surface area contributed by atoms with Crippen molar-refractivity contribution in [2.45, 2.75) is 17.4 Å². The van der Waals surface area contributed by atoms with E-state index in [0.29, 0.717) is 6.42 Å². The van der Waals surface area contributed by atoms with Gasteiger partial charge in [-0.15, -0.1) is 0 Å². The Balaban J connectivity index is 2.23. The van der Waals surface area contributed by atoms with Crippen LogP contribution >= 0.6 is 15.9 Å². The van der Waals surface area contributed by atoms with Crippen LogP contribution in [0.25, 0.3) is 0 Å². The maximum atomic E-state index is 11.6. The van der Waals surface area contributed by atoms with E-state index in [1.807, 2.05) is 12.1 Å². The molecule has 0 spiro atoms. The van der Waals surface area contributed by atoms with Crippen molar-refractivity contribution >= 4 is 25.8 Å². The molecule has 2 aromatic rings. The van der Waals surface area contributed by atoms with Gasteiger partial charge in [0.25, 0.3) is 0 Å². The molecular formula is C14H15BrN2O2S. The summed E-state index contributed by atoms with van der Waals surface area (Å²) >= 11 is 3.36. The molecule has 1 unspecified atom stereocenters. The summed E-state index contributed by atoms with van der Waals surface area (Å²) in [6.45, 7) is 0. The minimum absolute atomic E-state index is 0.271. The van der Waals surface area contributed by atoms with Gasteiger partial charge in [-0.2, -0.15) is 0 Å². The molecule has 1 aromatic heterocycles. The van der Waals surface area contributed by atoms with Crippen LogP contribution in [0, 0.1) is 0 Å². The van der Waals surface area contributed by atoms with Gasteiger partial charge in [0.05, 0.1) is 4.90 Å². The zero-order chi connectivity index (χ0) is 14.8. The van der Waals surface area contributed by atoms with Crippen LogP contribution in [0.1, 0.15) is 17.2 Å².